The summed E-state index contributed by atoms with van der Waals surface area (Å²) in [5.41, 5.74) is 5.59. The third-order valence-corrected chi connectivity index (χ3v) is 3.42. The van der Waals surface area contributed by atoms with Gasteiger partial charge in [0, 0.05) is 9.26 Å². The Labute approximate surface area is 147 Å². The van der Waals surface area contributed by atoms with Crippen LogP contribution in [0.4, 0.5) is 5.69 Å². The number of amides is 2. The van der Waals surface area contributed by atoms with Crippen LogP contribution in [0.2, 0.25) is 0 Å². The van der Waals surface area contributed by atoms with E-state index >= 15 is 0 Å². The maximum Gasteiger partial charge on any atom is 0.262 e. The monoisotopic (exact) mass is 426 g/mol. The Hall–Kier alpha value is -2.29. The number of rotatable bonds is 7. The zero-order chi connectivity index (χ0) is 16.7. The second-order valence-corrected chi connectivity index (χ2v) is 5.82. The molecule has 0 saturated carbocycles. The number of anilines is 1. The summed E-state index contributed by atoms with van der Waals surface area (Å²) in [4.78, 5) is 22.4. The Balaban J connectivity index is 1.80. The van der Waals surface area contributed by atoms with Gasteiger partial charge < -0.3 is 20.5 Å². The molecule has 2 aromatic rings. The van der Waals surface area contributed by atoms with Crippen LogP contribution in [-0.4, -0.2) is 25.0 Å². The first-order valence-electron chi connectivity index (χ1n) is 6.72. The van der Waals surface area contributed by atoms with Gasteiger partial charge in [-0.05, 0) is 71.1 Å². The van der Waals surface area contributed by atoms with Gasteiger partial charge in [-0.3, -0.25) is 9.59 Å². The van der Waals surface area contributed by atoms with E-state index < -0.39 is 5.91 Å². The van der Waals surface area contributed by atoms with Crippen molar-refractivity contribution >= 4 is 40.1 Å². The second kappa shape index (κ2) is 8.37. The molecule has 0 radical (unpaired) electrons. The van der Waals surface area contributed by atoms with Crippen LogP contribution in [0, 0.1) is 3.57 Å². The lowest BCUT2D eigenvalue weighted by atomic mass is 10.3. The minimum absolute atomic E-state index is 0.0828. The quantitative estimate of drug-likeness (QED) is 0.665. The van der Waals surface area contributed by atoms with Crippen molar-refractivity contribution in [3.63, 3.8) is 0 Å². The maximum absolute atomic E-state index is 11.8. The molecular formula is C16H15IN2O4. The van der Waals surface area contributed by atoms with E-state index in [1.54, 1.807) is 36.4 Å². The molecule has 0 saturated heterocycles. The summed E-state index contributed by atoms with van der Waals surface area (Å²) in [6.07, 6.45) is 0. The van der Waals surface area contributed by atoms with E-state index in [-0.39, 0.29) is 19.1 Å². The molecule has 23 heavy (non-hydrogen) atoms. The predicted molar refractivity (Wildman–Crippen MR) is 94.4 cm³/mol. The standard InChI is InChI=1S/C16H15IN2O4/c17-11-1-5-13(6-2-11)23-10-16(21)19-12-3-7-14(8-4-12)22-9-15(18)20/h1-8H,9-10H2,(H2,18,20)(H,19,21). The van der Waals surface area contributed by atoms with Gasteiger partial charge >= 0.3 is 0 Å². The molecule has 2 rings (SSSR count). The van der Waals surface area contributed by atoms with Crippen molar-refractivity contribution in [1.82, 2.24) is 0 Å². The Kier molecular flexibility index (Phi) is 6.21. The smallest absolute Gasteiger partial charge is 0.262 e. The summed E-state index contributed by atoms with van der Waals surface area (Å²) in [5.74, 6) is 0.317. The first kappa shape index (κ1) is 17.1. The Morgan fingerprint density at radius 3 is 2.00 bits per heavy atom. The minimum atomic E-state index is -0.546. The van der Waals surface area contributed by atoms with Gasteiger partial charge in [0.2, 0.25) is 0 Å². The fourth-order valence-electron chi connectivity index (χ4n) is 1.67. The molecule has 2 amide bonds. The second-order valence-electron chi connectivity index (χ2n) is 4.57. The van der Waals surface area contributed by atoms with Gasteiger partial charge in [-0.1, -0.05) is 0 Å². The zero-order valence-corrected chi connectivity index (χ0v) is 14.3. The molecule has 2 aromatic carbocycles. The molecule has 0 bridgehead atoms. The number of nitrogens with one attached hydrogen (secondary N) is 1. The number of carbonyl (C=O) groups is 2. The SMILES string of the molecule is NC(=O)COc1ccc(NC(=O)COc2ccc(I)cc2)cc1. The highest BCUT2D eigenvalue weighted by atomic mass is 127. The maximum atomic E-state index is 11.8. The van der Waals surface area contributed by atoms with Gasteiger partial charge in [0.15, 0.2) is 13.2 Å². The lowest BCUT2D eigenvalue weighted by Gasteiger charge is -2.08. The molecule has 0 aliphatic heterocycles. The van der Waals surface area contributed by atoms with Crippen molar-refractivity contribution in [2.75, 3.05) is 18.5 Å². The van der Waals surface area contributed by atoms with Gasteiger partial charge in [0.25, 0.3) is 11.8 Å². The largest absolute Gasteiger partial charge is 0.484 e. The lowest BCUT2D eigenvalue weighted by Crippen LogP contribution is -2.20. The average Bonchev–Trinajstić information content (AvgIpc) is 2.53. The van der Waals surface area contributed by atoms with Crippen LogP contribution in [0.15, 0.2) is 48.5 Å². The normalized spacial score (nSPS) is 9.96. The number of halogens is 1. The van der Waals surface area contributed by atoms with Crippen LogP contribution in [0.1, 0.15) is 0 Å². The Morgan fingerprint density at radius 1 is 0.913 bits per heavy atom. The molecular weight excluding hydrogens is 411 g/mol. The molecule has 0 unspecified atom stereocenters. The van der Waals surface area contributed by atoms with Gasteiger partial charge in [-0.2, -0.15) is 0 Å². The zero-order valence-electron chi connectivity index (χ0n) is 12.1. The van der Waals surface area contributed by atoms with Crippen LogP contribution in [0.5, 0.6) is 11.5 Å². The van der Waals surface area contributed by atoms with Gasteiger partial charge in [0.1, 0.15) is 11.5 Å². The summed E-state index contributed by atoms with van der Waals surface area (Å²) >= 11 is 2.19. The van der Waals surface area contributed by atoms with E-state index in [2.05, 4.69) is 27.9 Å². The van der Waals surface area contributed by atoms with Crippen molar-refractivity contribution in [3.8, 4) is 11.5 Å². The van der Waals surface area contributed by atoms with Crippen molar-refractivity contribution in [1.29, 1.82) is 0 Å². The van der Waals surface area contributed by atoms with Crippen molar-refractivity contribution in [2.45, 2.75) is 0 Å². The molecule has 0 aliphatic carbocycles. The van der Waals surface area contributed by atoms with E-state index in [0.717, 1.165) is 3.57 Å². The highest BCUT2D eigenvalue weighted by Gasteiger charge is 2.04. The van der Waals surface area contributed by atoms with E-state index in [1.165, 1.54) is 0 Å². The summed E-state index contributed by atoms with van der Waals surface area (Å²) in [6.45, 7) is -0.268. The van der Waals surface area contributed by atoms with Crippen LogP contribution >= 0.6 is 22.6 Å². The van der Waals surface area contributed by atoms with E-state index in [9.17, 15) is 9.59 Å². The number of hydrogen-bond donors (Lipinski definition) is 2. The summed E-state index contributed by atoms with van der Waals surface area (Å²) in [7, 11) is 0. The first-order valence-corrected chi connectivity index (χ1v) is 7.80. The van der Waals surface area contributed by atoms with Gasteiger partial charge in [0.05, 0.1) is 0 Å². The highest BCUT2D eigenvalue weighted by molar-refractivity contribution is 14.1. The number of hydrogen-bond acceptors (Lipinski definition) is 4. The summed E-state index contributed by atoms with van der Waals surface area (Å²) in [6, 6.07) is 14.0. The predicted octanol–water partition coefficient (Wildman–Crippen LogP) is 2.17. The summed E-state index contributed by atoms with van der Waals surface area (Å²) < 4.78 is 11.6. The third kappa shape index (κ3) is 6.15. The van der Waals surface area contributed by atoms with E-state index in [1.807, 2.05) is 12.1 Å². The minimum Gasteiger partial charge on any atom is -0.484 e. The molecule has 0 aromatic heterocycles. The molecule has 0 heterocycles. The fraction of sp³-hybridized carbons (Fsp3) is 0.125. The van der Waals surface area contributed by atoms with Crippen molar-refractivity contribution in [2.24, 2.45) is 5.73 Å². The molecule has 7 heteroatoms. The number of primary amides is 1. The first-order chi connectivity index (χ1) is 11.0. The number of ether oxygens (including phenoxy) is 2. The van der Waals surface area contributed by atoms with Crippen LogP contribution in [0.3, 0.4) is 0 Å². The number of nitrogens with two attached hydrogens (primary N) is 1. The Bertz CT molecular complexity index is 671. The molecule has 120 valence electrons. The van der Waals surface area contributed by atoms with Crippen molar-refractivity contribution in [3.05, 3.63) is 52.1 Å². The summed E-state index contributed by atoms with van der Waals surface area (Å²) in [5, 5.41) is 2.70. The van der Waals surface area contributed by atoms with Gasteiger partial charge in [-0.25, -0.2) is 0 Å². The van der Waals surface area contributed by atoms with E-state index in [0.29, 0.717) is 17.2 Å². The average molecular weight is 426 g/mol. The van der Waals surface area contributed by atoms with Crippen LogP contribution < -0.4 is 20.5 Å². The highest BCUT2D eigenvalue weighted by Crippen LogP contribution is 2.16. The van der Waals surface area contributed by atoms with Crippen LogP contribution in [0.25, 0.3) is 0 Å². The number of benzene rings is 2. The van der Waals surface area contributed by atoms with Crippen LogP contribution in [-0.2, 0) is 9.59 Å². The molecule has 0 atom stereocenters. The molecule has 0 spiro atoms. The fourth-order valence-corrected chi connectivity index (χ4v) is 2.03. The lowest BCUT2D eigenvalue weighted by molar-refractivity contribution is -0.120. The van der Waals surface area contributed by atoms with E-state index in [4.69, 9.17) is 15.2 Å². The molecule has 6 nitrogen and oxygen atoms in total. The van der Waals surface area contributed by atoms with Gasteiger partial charge in [-0.15, -0.1) is 0 Å². The molecule has 3 N–H and O–H groups in total. The molecule has 0 fully saturated rings. The molecule has 0 aliphatic rings. The topological polar surface area (TPSA) is 90.7 Å². The van der Waals surface area contributed by atoms with Crippen molar-refractivity contribution < 1.29 is 19.1 Å². The third-order valence-electron chi connectivity index (χ3n) is 2.70. The number of carbonyl (C=O) groups excluding carboxylic acids is 2. The Morgan fingerprint density at radius 2 is 1.43 bits per heavy atom.